The fourth-order valence-electron chi connectivity index (χ4n) is 3.19. The van der Waals surface area contributed by atoms with Crippen LogP contribution in [0.15, 0.2) is 53.4 Å². The van der Waals surface area contributed by atoms with Crippen LogP contribution in [0, 0.1) is 13.8 Å². The van der Waals surface area contributed by atoms with Gasteiger partial charge < -0.3 is 5.32 Å². The van der Waals surface area contributed by atoms with Crippen molar-refractivity contribution in [3.05, 3.63) is 59.7 Å². The van der Waals surface area contributed by atoms with Crippen LogP contribution in [0.1, 0.15) is 24.0 Å². The van der Waals surface area contributed by atoms with E-state index in [2.05, 4.69) is 5.32 Å². The van der Waals surface area contributed by atoms with Crippen molar-refractivity contribution >= 4 is 21.6 Å². The second-order valence-corrected chi connectivity index (χ2v) is 8.29. The molecule has 0 saturated carbocycles. The molecule has 2 aromatic rings. The minimum atomic E-state index is -3.67. The highest BCUT2D eigenvalue weighted by Crippen LogP contribution is 2.27. The van der Waals surface area contributed by atoms with E-state index in [-0.39, 0.29) is 10.8 Å². The number of anilines is 1. The van der Waals surface area contributed by atoms with Crippen LogP contribution in [0.25, 0.3) is 0 Å². The second kappa shape index (κ2) is 6.98. The lowest BCUT2D eigenvalue weighted by Gasteiger charge is -2.23. The first-order valence-electron chi connectivity index (χ1n) is 8.34. The van der Waals surface area contributed by atoms with Crippen LogP contribution in [-0.4, -0.2) is 31.2 Å². The zero-order chi connectivity index (χ0) is 18.0. The van der Waals surface area contributed by atoms with E-state index in [1.54, 1.807) is 30.3 Å². The zero-order valence-corrected chi connectivity index (χ0v) is 15.2. The van der Waals surface area contributed by atoms with Gasteiger partial charge in [-0.1, -0.05) is 35.9 Å². The van der Waals surface area contributed by atoms with E-state index in [0.717, 1.165) is 16.8 Å². The third-order valence-corrected chi connectivity index (χ3v) is 6.42. The predicted molar refractivity (Wildman–Crippen MR) is 97.9 cm³/mol. The SMILES string of the molecule is Cc1ccc(NC(=O)C2CCCN2S(=O)(=O)c2ccccc2)c(C)c1. The normalized spacial score (nSPS) is 18.2. The number of nitrogens with zero attached hydrogens (tertiary/aromatic N) is 1. The monoisotopic (exact) mass is 358 g/mol. The summed E-state index contributed by atoms with van der Waals surface area (Å²) in [6.45, 7) is 4.28. The molecule has 1 saturated heterocycles. The lowest BCUT2D eigenvalue weighted by atomic mass is 10.1. The molecule has 132 valence electrons. The van der Waals surface area contributed by atoms with Gasteiger partial charge in [-0.3, -0.25) is 4.79 Å². The van der Waals surface area contributed by atoms with E-state index < -0.39 is 16.1 Å². The number of carbonyl (C=O) groups excluding carboxylic acids is 1. The molecule has 1 aliphatic rings. The van der Waals surface area contributed by atoms with Crippen molar-refractivity contribution in [2.24, 2.45) is 0 Å². The Labute approximate surface area is 148 Å². The highest BCUT2D eigenvalue weighted by atomic mass is 32.2. The number of hydrogen-bond acceptors (Lipinski definition) is 3. The number of hydrogen-bond donors (Lipinski definition) is 1. The fourth-order valence-corrected chi connectivity index (χ4v) is 4.87. The molecule has 1 atom stereocenters. The molecule has 1 fully saturated rings. The van der Waals surface area contributed by atoms with Crippen LogP contribution >= 0.6 is 0 Å². The van der Waals surface area contributed by atoms with Gasteiger partial charge in [0.2, 0.25) is 15.9 Å². The van der Waals surface area contributed by atoms with Crippen LogP contribution < -0.4 is 5.32 Å². The van der Waals surface area contributed by atoms with Crippen LogP contribution in [-0.2, 0) is 14.8 Å². The summed E-state index contributed by atoms with van der Waals surface area (Å²) in [7, 11) is -3.67. The average molecular weight is 358 g/mol. The molecule has 1 unspecified atom stereocenters. The molecular weight excluding hydrogens is 336 g/mol. The number of carbonyl (C=O) groups is 1. The molecule has 1 heterocycles. The minimum absolute atomic E-state index is 0.223. The Hall–Kier alpha value is -2.18. The number of benzene rings is 2. The maximum Gasteiger partial charge on any atom is 0.243 e. The van der Waals surface area contributed by atoms with Gasteiger partial charge in [0.05, 0.1) is 4.90 Å². The topological polar surface area (TPSA) is 66.5 Å². The molecule has 0 aromatic heterocycles. The smallest absolute Gasteiger partial charge is 0.243 e. The van der Waals surface area contributed by atoms with Crippen molar-refractivity contribution in [1.82, 2.24) is 4.31 Å². The molecule has 6 heteroatoms. The minimum Gasteiger partial charge on any atom is -0.324 e. The average Bonchev–Trinajstić information content (AvgIpc) is 3.09. The molecule has 0 bridgehead atoms. The quantitative estimate of drug-likeness (QED) is 0.913. The van der Waals surface area contributed by atoms with Crippen molar-refractivity contribution in [3.63, 3.8) is 0 Å². The molecule has 5 nitrogen and oxygen atoms in total. The number of aryl methyl sites for hydroxylation is 2. The lowest BCUT2D eigenvalue weighted by Crippen LogP contribution is -2.43. The highest BCUT2D eigenvalue weighted by molar-refractivity contribution is 7.89. The van der Waals surface area contributed by atoms with Gasteiger partial charge in [-0.05, 0) is 50.5 Å². The predicted octanol–water partition coefficient (Wildman–Crippen LogP) is 3.10. The second-order valence-electron chi connectivity index (χ2n) is 6.39. The summed E-state index contributed by atoms with van der Waals surface area (Å²) in [5, 5.41) is 2.89. The molecule has 0 spiro atoms. The van der Waals surface area contributed by atoms with E-state index in [9.17, 15) is 13.2 Å². The summed E-state index contributed by atoms with van der Waals surface area (Å²) in [4.78, 5) is 12.9. The molecule has 1 amide bonds. The Morgan fingerprint density at radius 3 is 2.52 bits per heavy atom. The maximum atomic E-state index is 12.9. The molecule has 2 aromatic carbocycles. The standard InChI is InChI=1S/C19H22N2O3S/c1-14-10-11-17(15(2)13-14)20-19(22)18-9-6-12-21(18)25(23,24)16-7-4-3-5-8-16/h3-5,7-8,10-11,13,18H,6,9,12H2,1-2H3,(H,20,22). The van der Waals surface area contributed by atoms with Crippen molar-refractivity contribution in [2.45, 2.75) is 37.6 Å². The number of sulfonamides is 1. The molecule has 1 N–H and O–H groups in total. The summed E-state index contributed by atoms with van der Waals surface area (Å²) in [6, 6.07) is 13.4. The van der Waals surface area contributed by atoms with Gasteiger partial charge in [0.15, 0.2) is 0 Å². The van der Waals surface area contributed by atoms with Crippen molar-refractivity contribution in [3.8, 4) is 0 Å². The van der Waals surface area contributed by atoms with Crippen molar-refractivity contribution in [2.75, 3.05) is 11.9 Å². The third kappa shape index (κ3) is 3.60. The van der Waals surface area contributed by atoms with Gasteiger partial charge in [-0.2, -0.15) is 4.31 Å². The van der Waals surface area contributed by atoms with Crippen molar-refractivity contribution < 1.29 is 13.2 Å². The van der Waals surface area contributed by atoms with Gasteiger partial charge in [-0.25, -0.2) is 8.42 Å². The number of rotatable bonds is 4. The van der Waals surface area contributed by atoms with E-state index in [1.165, 1.54) is 4.31 Å². The number of nitrogens with one attached hydrogen (secondary N) is 1. The van der Waals surface area contributed by atoms with Gasteiger partial charge in [0.25, 0.3) is 0 Å². The van der Waals surface area contributed by atoms with Crippen LogP contribution in [0.4, 0.5) is 5.69 Å². The van der Waals surface area contributed by atoms with E-state index >= 15 is 0 Å². The molecule has 25 heavy (non-hydrogen) atoms. The summed E-state index contributed by atoms with van der Waals surface area (Å²) in [5.74, 6) is -0.274. The van der Waals surface area contributed by atoms with E-state index in [1.807, 2.05) is 32.0 Å². The van der Waals surface area contributed by atoms with E-state index in [4.69, 9.17) is 0 Å². The molecular formula is C19H22N2O3S. The lowest BCUT2D eigenvalue weighted by molar-refractivity contribution is -0.119. The molecule has 3 rings (SSSR count). The van der Waals surface area contributed by atoms with Gasteiger partial charge in [0, 0.05) is 12.2 Å². The maximum absolute atomic E-state index is 12.9. The van der Waals surface area contributed by atoms with Gasteiger partial charge >= 0.3 is 0 Å². The Morgan fingerprint density at radius 2 is 1.84 bits per heavy atom. The zero-order valence-electron chi connectivity index (χ0n) is 14.4. The largest absolute Gasteiger partial charge is 0.324 e. The Bertz CT molecular complexity index is 879. The molecule has 0 radical (unpaired) electrons. The third-order valence-electron chi connectivity index (χ3n) is 4.50. The Balaban J connectivity index is 1.83. The molecule has 1 aliphatic heterocycles. The van der Waals surface area contributed by atoms with E-state index in [0.29, 0.717) is 19.4 Å². The summed E-state index contributed by atoms with van der Waals surface area (Å²) in [5.41, 5.74) is 2.80. The first kappa shape index (κ1) is 17.6. The summed E-state index contributed by atoms with van der Waals surface area (Å²) < 4.78 is 27.0. The highest BCUT2D eigenvalue weighted by Gasteiger charge is 2.39. The van der Waals surface area contributed by atoms with Crippen molar-refractivity contribution in [1.29, 1.82) is 0 Å². The molecule has 0 aliphatic carbocycles. The Kier molecular flexibility index (Phi) is 4.92. The van der Waals surface area contributed by atoms with Crippen LogP contribution in [0.3, 0.4) is 0 Å². The first-order valence-corrected chi connectivity index (χ1v) is 9.78. The first-order chi connectivity index (χ1) is 11.9. The van der Waals surface area contributed by atoms with Gasteiger partial charge in [-0.15, -0.1) is 0 Å². The number of amides is 1. The van der Waals surface area contributed by atoms with Crippen LogP contribution in [0.5, 0.6) is 0 Å². The van der Waals surface area contributed by atoms with Crippen LogP contribution in [0.2, 0.25) is 0 Å². The summed E-state index contributed by atoms with van der Waals surface area (Å²) in [6.07, 6.45) is 1.21. The Morgan fingerprint density at radius 1 is 1.12 bits per heavy atom. The fraction of sp³-hybridized carbons (Fsp3) is 0.316. The van der Waals surface area contributed by atoms with Gasteiger partial charge in [0.1, 0.15) is 6.04 Å². The summed E-state index contributed by atoms with van der Waals surface area (Å²) >= 11 is 0.